The van der Waals surface area contributed by atoms with E-state index in [4.69, 9.17) is 9.47 Å². The third-order valence-corrected chi connectivity index (χ3v) is 2.40. The van der Waals surface area contributed by atoms with Crippen LogP contribution in [0.25, 0.3) is 0 Å². The third kappa shape index (κ3) is 1.16. The van der Waals surface area contributed by atoms with E-state index in [2.05, 4.69) is 0 Å². The topological polar surface area (TPSA) is 38.7 Å². The molecule has 1 atom stereocenters. The highest BCUT2D eigenvalue weighted by Gasteiger charge is 2.28. The van der Waals surface area contributed by atoms with Crippen molar-refractivity contribution in [1.29, 1.82) is 0 Å². The summed E-state index contributed by atoms with van der Waals surface area (Å²) in [5.41, 5.74) is 2.02. The van der Waals surface area contributed by atoms with Crippen LogP contribution in [-0.4, -0.2) is 19.3 Å². The fraction of sp³-hybridized carbons (Fsp3) is 0.400. The SMILES string of the molecule is COc1cc2c(c(OC)c1)C(O)C2. The highest BCUT2D eigenvalue weighted by molar-refractivity contribution is 5.53. The predicted molar refractivity (Wildman–Crippen MR) is 48.2 cm³/mol. The van der Waals surface area contributed by atoms with Gasteiger partial charge in [-0.3, -0.25) is 0 Å². The average Bonchev–Trinajstić information content (AvgIpc) is 2.14. The highest BCUT2D eigenvalue weighted by Crippen LogP contribution is 2.42. The predicted octanol–water partition coefficient (Wildman–Crippen LogP) is 1.29. The number of hydrogen-bond donors (Lipinski definition) is 1. The maximum atomic E-state index is 9.45. The summed E-state index contributed by atoms with van der Waals surface area (Å²) in [5.74, 6) is 1.50. The van der Waals surface area contributed by atoms with Crippen LogP contribution in [0.3, 0.4) is 0 Å². The first-order valence-electron chi connectivity index (χ1n) is 4.19. The van der Waals surface area contributed by atoms with Gasteiger partial charge in [-0.2, -0.15) is 0 Å². The van der Waals surface area contributed by atoms with Crippen molar-refractivity contribution in [2.24, 2.45) is 0 Å². The van der Waals surface area contributed by atoms with Crippen molar-refractivity contribution in [2.45, 2.75) is 12.5 Å². The molecule has 1 aromatic carbocycles. The average molecular weight is 180 g/mol. The van der Waals surface area contributed by atoms with Gasteiger partial charge in [0, 0.05) is 18.1 Å². The zero-order valence-corrected chi connectivity index (χ0v) is 7.70. The van der Waals surface area contributed by atoms with E-state index < -0.39 is 0 Å². The molecule has 3 nitrogen and oxygen atoms in total. The number of aliphatic hydroxyl groups excluding tert-OH is 1. The lowest BCUT2D eigenvalue weighted by Gasteiger charge is -2.28. The van der Waals surface area contributed by atoms with Gasteiger partial charge in [0.15, 0.2) is 0 Å². The molecule has 0 bridgehead atoms. The highest BCUT2D eigenvalue weighted by atomic mass is 16.5. The smallest absolute Gasteiger partial charge is 0.128 e. The van der Waals surface area contributed by atoms with Crippen molar-refractivity contribution in [2.75, 3.05) is 14.2 Å². The molecule has 0 fully saturated rings. The van der Waals surface area contributed by atoms with Crippen LogP contribution in [-0.2, 0) is 6.42 Å². The van der Waals surface area contributed by atoms with Crippen molar-refractivity contribution in [1.82, 2.24) is 0 Å². The summed E-state index contributed by atoms with van der Waals surface area (Å²) in [4.78, 5) is 0. The molecule has 13 heavy (non-hydrogen) atoms. The van der Waals surface area contributed by atoms with Crippen LogP contribution in [0.5, 0.6) is 11.5 Å². The molecule has 0 heterocycles. The van der Waals surface area contributed by atoms with Crippen molar-refractivity contribution in [3.05, 3.63) is 23.3 Å². The van der Waals surface area contributed by atoms with Gasteiger partial charge in [0.2, 0.25) is 0 Å². The summed E-state index contributed by atoms with van der Waals surface area (Å²) >= 11 is 0. The molecular weight excluding hydrogens is 168 g/mol. The standard InChI is InChI=1S/C10H12O3/c1-12-7-3-6-4-8(11)10(6)9(5-7)13-2/h3,5,8,11H,4H2,1-2H3. The molecule has 0 saturated heterocycles. The Morgan fingerprint density at radius 1 is 1.31 bits per heavy atom. The first-order valence-corrected chi connectivity index (χ1v) is 4.19. The number of methoxy groups -OCH3 is 2. The number of ether oxygens (including phenoxy) is 2. The van der Waals surface area contributed by atoms with E-state index >= 15 is 0 Å². The second kappa shape index (κ2) is 2.92. The van der Waals surface area contributed by atoms with E-state index in [-0.39, 0.29) is 6.10 Å². The van der Waals surface area contributed by atoms with Crippen LogP contribution in [0.2, 0.25) is 0 Å². The molecule has 0 amide bonds. The van der Waals surface area contributed by atoms with Crippen molar-refractivity contribution in [3.63, 3.8) is 0 Å². The molecule has 1 aliphatic carbocycles. The molecule has 0 spiro atoms. The van der Waals surface area contributed by atoms with Crippen LogP contribution >= 0.6 is 0 Å². The van der Waals surface area contributed by atoms with E-state index in [0.717, 1.165) is 16.9 Å². The van der Waals surface area contributed by atoms with Crippen molar-refractivity contribution in [3.8, 4) is 11.5 Å². The minimum Gasteiger partial charge on any atom is -0.497 e. The number of rotatable bonds is 2. The fourth-order valence-corrected chi connectivity index (χ4v) is 1.67. The molecule has 1 N–H and O–H groups in total. The Balaban J connectivity index is 2.48. The lowest BCUT2D eigenvalue weighted by molar-refractivity contribution is 0.148. The van der Waals surface area contributed by atoms with E-state index in [1.165, 1.54) is 0 Å². The molecule has 2 rings (SSSR count). The first-order chi connectivity index (χ1) is 6.26. The molecular formula is C10H12O3. The number of benzene rings is 1. The Bertz CT molecular complexity index is 333. The molecule has 0 aromatic heterocycles. The molecule has 3 heteroatoms. The summed E-state index contributed by atoms with van der Waals surface area (Å²) in [6, 6.07) is 3.73. The Hall–Kier alpha value is -1.22. The van der Waals surface area contributed by atoms with E-state index in [9.17, 15) is 5.11 Å². The number of fused-ring (bicyclic) bond motifs is 1. The van der Waals surface area contributed by atoms with Gasteiger partial charge in [-0.15, -0.1) is 0 Å². The summed E-state index contributed by atoms with van der Waals surface area (Å²) in [7, 11) is 3.22. The normalized spacial score (nSPS) is 18.8. The van der Waals surface area contributed by atoms with Gasteiger partial charge in [0.1, 0.15) is 11.5 Å². The van der Waals surface area contributed by atoms with Gasteiger partial charge in [-0.1, -0.05) is 0 Å². The Morgan fingerprint density at radius 3 is 2.62 bits per heavy atom. The second-order valence-corrected chi connectivity index (χ2v) is 3.12. The first kappa shape index (κ1) is 8.38. The lowest BCUT2D eigenvalue weighted by atomic mass is 9.84. The van der Waals surface area contributed by atoms with Crippen molar-refractivity contribution >= 4 is 0 Å². The summed E-state index contributed by atoms with van der Waals surface area (Å²) < 4.78 is 10.2. The summed E-state index contributed by atoms with van der Waals surface area (Å²) in [6.07, 6.45) is 0.332. The van der Waals surface area contributed by atoms with E-state index in [0.29, 0.717) is 12.2 Å². The van der Waals surface area contributed by atoms with Gasteiger partial charge in [0.25, 0.3) is 0 Å². The van der Waals surface area contributed by atoms with Crippen LogP contribution in [0.15, 0.2) is 12.1 Å². The zero-order chi connectivity index (χ0) is 9.42. The van der Waals surface area contributed by atoms with Gasteiger partial charge < -0.3 is 14.6 Å². The van der Waals surface area contributed by atoms with Crippen LogP contribution < -0.4 is 9.47 Å². The van der Waals surface area contributed by atoms with Crippen molar-refractivity contribution < 1.29 is 14.6 Å². The molecule has 0 saturated carbocycles. The minimum absolute atomic E-state index is 0.365. The molecule has 1 unspecified atom stereocenters. The summed E-state index contributed by atoms with van der Waals surface area (Å²) in [5, 5.41) is 9.45. The lowest BCUT2D eigenvalue weighted by Crippen LogP contribution is -2.17. The molecule has 70 valence electrons. The summed E-state index contributed by atoms with van der Waals surface area (Å²) in [6.45, 7) is 0. The monoisotopic (exact) mass is 180 g/mol. The molecule has 1 aromatic rings. The number of aliphatic hydroxyl groups is 1. The molecule has 0 aliphatic heterocycles. The molecule has 0 radical (unpaired) electrons. The minimum atomic E-state index is -0.365. The van der Waals surface area contributed by atoms with Crippen LogP contribution in [0, 0.1) is 0 Å². The Morgan fingerprint density at radius 2 is 2.08 bits per heavy atom. The number of hydrogen-bond acceptors (Lipinski definition) is 3. The van der Waals surface area contributed by atoms with Gasteiger partial charge in [-0.25, -0.2) is 0 Å². The van der Waals surface area contributed by atoms with Gasteiger partial charge in [-0.05, 0) is 11.6 Å². The van der Waals surface area contributed by atoms with Gasteiger partial charge >= 0.3 is 0 Å². The van der Waals surface area contributed by atoms with Crippen LogP contribution in [0.4, 0.5) is 0 Å². The fourth-order valence-electron chi connectivity index (χ4n) is 1.67. The Labute approximate surface area is 76.9 Å². The van der Waals surface area contributed by atoms with E-state index in [1.807, 2.05) is 6.07 Å². The third-order valence-electron chi connectivity index (χ3n) is 2.40. The van der Waals surface area contributed by atoms with Crippen LogP contribution in [0.1, 0.15) is 17.2 Å². The van der Waals surface area contributed by atoms with E-state index in [1.54, 1.807) is 20.3 Å². The van der Waals surface area contributed by atoms with Gasteiger partial charge in [0.05, 0.1) is 20.3 Å². The second-order valence-electron chi connectivity index (χ2n) is 3.12. The molecule has 1 aliphatic rings. The Kier molecular flexibility index (Phi) is 1.88. The quantitative estimate of drug-likeness (QED) is 0.745. The largest absolute Gasteiger partial charge is 0.497 e. The zero-order valence-electron chi connectivity index (χ0n) is 7.70. The maximum Gasteiger partial charge on any atom is 0.128 e. The maximum absolute atomic E-state index is 9.45.